The Morgan fingerprint density at radius 1 is 1.00 bits per heavy atom. The molecular weight excluding hydrogens is 148 g/mol. The number of hydrogen-bond donors (Lipinski definition) is 0. The third-order valence-corrected chi connectivity index (χ3v) is 0.400. The van der Waals surface area contributed by atoms with Crippen LogP contribution in [-0.2, 0) is 9.78 Å². The molecule has 58 valence electrons. The molecule has 0 spiro atoms. The lowest BCUT2D eigenvalue weighted by molar-refractivity contribution is -0.623. The zero-order valence-corrected chi connectivity index (χ0v) is 4.76. The molecular formula is C2H4N2O6. The van der Waals surface area contributed by atoms with Gasteiger partial charge in [0.05, 0.1) is 9.85 Å². The molecule has 0 saturated carbocycles. The van der Waals surface area contributed by atoms with Crippen molar-refractivity contribution in [2.45, 2.75) is 0 Å². The third-order valence-electron chi connectivity index (χ3n) is 0.400. The molecule has 0 amide bonds. The summed E-state index contributed by atoms with van der Waals surface area (Å²) in [5, 5.41) is 18.9. The molecule has 8 nitrogen and oxygen atoms in total. The Morgan fingerprint density at radius 3 is 1.50 bits per heavy atom. The minimum absolute atomic E-state index is 0.819. The Labute approximate surface area is 54.6 Å². The molecule has 0 aliphatic carbocycles. The molecule has 0 aliphatic heterocycles. The highest BCUT2D eigenvalue weighted by molar-refractivity contribution is 4.01. The van der Waals surface area contributed by atoms with Crippen LogP contribution in [0.5, 0.6) is 0 Å². The second kappa shape index (κ2) is 4.58. The minimum atomic E-state index is -0.895. The molecule has 0 aromatic carbocycles. The zero-order chi connectivity index (χ0) is 7.98. The first-order valence-corrected chi connectivity index (χ1v) is 2.11. The second-order valence-corrected chi connectivity index (χ2v) is 1.16. The largest absolute Gasteiger partial charge is 0.333 e. The van der Waals surface area contributed by atoms with Crippen LogP contribution in [-0.4, -0.2) is 23.3 Å². The van der Waals surface area contributed by atoms with Crippen LogP contribution >= 0.6 is 0 Å². The molecule has 0 fully saturated rings. The van der Waals surface area contributed by atoms with E-state index in [-0.39, 0.29) is 0 Å². The topological polar surface area (TPSA) is 105 Å². The minimum Gasteiger partial charge on any atom is -0.262 e. The van der Waals surface area contributed by atoms with E-state index in [2.05, 4.69) is 9.78 Å². The molecule has 0 heterocycles. The summed E-state index contributed by atoms with van der Waals surface area (Å²) in [6, 6.07) is 0. The van der Waals surface area contributed by atoms with Gasteiger partial charge in [0.25, 0.3) is 0 Å². The summed E-state index contributed by atoms with van der Waals surface area (Å²) < 4.78 is 0. The lowest BCUT2D eigenvalue weighted by Gasteiger charge is -1.92. The van der Waals surface area contributed by atoms with Gasteiger partial charge in [-0.2, -0.15) is 9.78 Å². The number of nitro groups is 2. The molecule has 0 aromatic rings. The van der Waals surface area contributed by atoms with Gasteiger partial charge in [-0.3, -0.25) is 20.2 Å². The number of rotatable bonds is 5. The predicted molar refractivity (Wildman–Crippen MR) is 25.9 cm³/mol. The molecule has 0 unspecified atom stereocenters. The first kappa shape index (κ1) is 8.72. The summed E-state index contributed by atoms with van der Waals surface area (Å²) in [5.41, 5.74) is 0. The van der Waals surface area contributed by atoms with Gasteiger partial charge in [-0.25, -0.2) is 0 Å². The van der Waals surface area contributed by atoms with Crippen LogP contribution in [0.3, 0.4) is 0 Å². The van der Waals surface area contributed by atoms with Crippen molar-refractivity contribution in [3.63, 3.8) is 0 Å². The van der Waals surface area contributed by atoms with Crippen LogP contribution < -0.4 is 0 Å². The van der Waals surface area contributed by atoms with E-state index >= 15 is 0 Å². The second-order valence-electron chi connectivity index (χ2n) is 1.16. The van der Waals surface area contributed by atoms with Gasteiger partial charge in [-0.15, -0.1) is 0 Å². The van der Waals surface area contributed by atoms with Gasteiger partial charge in [-0.05, 0) is 0 Å². The smallest absolute Gasteiger partial charge is 0.262 e. The van der Waals surface area contributed by atoms with Crippen molar-refractivity contribution in [2.75, 3.05) is 13.5 Å². The van der Waals surface area contributed by atoms with Crippen molar-refractivity contribution in [1.29, 1.82) is 0 Å². The van der Waals surface area contributed by atoms with Gasteiger partial charge >= 0.3 is 13.5 Å². The molecule has 0 rings (SSSR count). The molecule has 0 radical (unpaired) electrons. The van der Waals surface area contributed by atoms with Crippen LogP contribution in [0.25, 0.3) is 0 Å². The maximum Gasteiger partial charge on any atom is 0.333 e. The maximum absolute atomic E-state index is 9.47. The van der Waals surface area contributed by atoms with Gasteiger partial charge in [0.2, 0.25) is 0 Å². The Kier molecular flexibility index (Phi) is 4.00. The van der Waals surface area contributed by atoms with E-state index in [1.54, 1.807) is 0 Å². The van der Waals surface area contributed by atoms with E-state index in [0.717, 1.165) is 0 Å². The van der Waals surface area contributed by atoms with Crippen molar-refractivity contribution in [3.8, 4) is 0 Å². The van der Waals surface area contributed by atoms with Crippen LogP contribution in [0.1, 0.15) is 0 Å². The van der Waals surface area contributed by atoms with E-state index in [1.165, 1.54) is 0 Å². The highest BCUT2D eigenvalue weighted by atomic mass is 17.2. The zero-order valence-electron chi connectivity index (χ0n) is 4.76. The number of hydrogen-bond acceptors (Lipinski definition) is 6. The Morgan fingerprint density at radius 2 is 1.30 bits per heavy atom. The van der Waals surface area contributed by atoms with Crippen molar-refractivity contribution in [3.05, 3.63) is 20.2 Å². The van der Waals surface area contributed by atoms with E-state index in [0.29, 0.717) is 0 Å². The molecule has 0 saturated heterocycles. The quantitative estimate of drug-likeness (QED) is 0.171. The summed E-state index contributed by atoms with van der Waals surface area (Å²) in [6.45, 7) is -1.79. The van der Waals surface area contributed by atoms with E-state index in [9.17, 15) is 20.2 Å². The van der Waals surface area contributed by atoms with E-state index in [1.807, 2.05) is 0 Å². The van der Waals surface area contributed by atoms with Crippen molar-refractivity contribution >= 4 is 0 Å². The van der Waals surface area contributed by atoms with Crippen LogP contribution in [0.4, 0.5) is 0 Å². The average Bonchev–Trinajstić information content (AvgIpc) is 1.79. The molecule has 0 aromatic heterocycles. The molecule has 0 aliphatic rings. The summed E-state index contributed by atoms with van der Waals surface area (Å²) in [5.74, 6) is 0. The first-order chi connectivity index (χ1) is 4.63. The van der Waals surface area contributed by atoms with Crippen molar-refractivity contribution in [2.24, 2.45) is 0 Å². The van der Waals surface area contributed by atoms with Gasteiger partial charge in [0.15, 0.2) is 0 Å². The van der Waals surface area contributed by atoms with E-state index < -0.39 is 23.3 Å². The van der Waals surface area contributed by atoms with Gasteiger partial charge in [0.1, 0.15) is 0 Å². The standard InChI is InChI=1S/C2H4N2O6/c5-3(6)1-9-10-2-4(7)8/h1-2H2. The number of nitrogens with zero attached hydrogens (tertiary/aromatic N) is 2. The van der Waals surface area contributed by atoms with Crippen LogP contribution in [0.15, 0.2) is 0 Å². The Bertz CT molecular complexity index is 118. The van der Waals surface area contributed by atoms with Crippen molar-refractivity contribution < 1.29 is 19.6 Å². The summed E-state index contributed by atoms with van der Waals surface area (Å²) in [4.78, 5) is 24.8. The molecule has 8 heteroatoms. The summed E-state index contributed by atoms with van der Waals surface area (Å²) >= 11 is 0. The normalized spacial score (nSPS) is 9.20. The lowest BCUT2D eigenvalue weighted by Crippen LogP contribution is -2.11. The fourth-order valence-electron chi connectivity index (χ4n) is 0.161. The lowest BCUT2D eigenvalue weighted by atomic mass is 11.3. The molecule has 10 heavy (non-hydrogen) atoms. The Balaban J connectivity index is 3.06. The monoisotopic (exact) mass is 152 g/mol. The van der Waals surface area contributed by atoms with Gasteiger partial charge < -0.3 is 0 Å². The fraction of sp³-hybridized carbons (Fsp3) is 1.00. The Hall–Kier alpha value is -1.28. The molecule has 0 bridgehead atoms. The van der Waals surface area contributed by atoms with Gasteiger partial charge in [-0.1, -0.05) is 0 Å². The summed E-state index contributed by atoms with van der Waals surface area (Å²) in [6.07, 6.45) is 0. The molecule has 0 atom stereocenters. The van der Waals surface area contributed by atoms with Crippen molar-refractivity contribution in [1.82, 2.24) is 0 Å². The highest BCUT2D eigenvalue weighted by Gasteiger charge is 2.00. The fourth-order valence-corrected chi connectivity index (χ4v) is 0.161. The molecule has 0 N–H and O–H groups in total. The average molecular weight is 152 g/mol. The predicted octanol–water partition coefficient (Wildman–Crippen LogP) is -0.597. The SMILES string of the molecule is O=[N+]([O-])COOC[N+](=O)[O-]. The maximum atomic E-state index is 9.47. The highest BCUT2D eigenvalue weighted by Crippen LogP contribution is 1.78. The van der Waals surface area contributed by atoms with Gasteiger partial charge in [0, 0.05) is 0 Å². The van der Waals surface area contributed by atoms with Crippen LogP contribution in [0, 0.1) is 20.2 Å². The third kappa shape index (κ3) is 6.72. The van der Waals surface area contributed by atoms with Crippen LogP contribution in [0.2, 0.25) is 0 Å². The van der Waals surface area contributed by atoms with E-state index in [4.69, 9.17) is 0 Å². The first-order valence-electron chi connectivity index (χ1n) is 2.11. The summed E-state index contributed by atoms with van der Waals surface area (Å²) in [7, 11) is 0.